The van der Waals surface area contributed by atoms with E-state index in [9.17, 15) is 0 Å². The molecule has 2 aromatic carbocycles. The smallest absolute Gasteiger partial charge is 0.0647 e. The average molecular weight is 395 g/mol. The minimum atomic E-state index is 0.281. The summed E-state index contributed by atoms with van der Waals surface area (Å²) in [4.78, 5) is 0. The molecule has 1 nitrogen and oxygen atoms in total. The van der Waals surface area contributed by atoms with Crippen LogP contribution in [0.25, 0.3) is 0 Å². The predicted molar refractivity (Wildman–Crippen MR) is 127 cm³/mol. The van der Waals surface area contributed by atoms with Crippen LogP contribution >= 0.6 is 0 Å². The lowest BCUT2D eigenvalue weighted by Gasteiger charge is -2.35. The van der Waals surface area contributed by atoms with Gasteiger partial charge in [-0.3, -0.25) is 0 Å². The third-order valence-corrected chi connectivity index (χ3v) is 6.28. The fourth-order valence-electron chi connectivity index (χ4n) is 4.58. The number of rotatable bonds is 12. The van der Waals surface area contributed by atoms with Crippen LogP contribution in [0.2, 0.25) is 0 Å². The van der Waals surface area contributed by atoms with Gasteiger partial charge in [0.05, 0.1) is 12.2 Å². The molecule has 29 heavy (non-hydrogen) atoms. The molecule has 160 valence electrons. The van der Waals surface area contributed by atoms with E-state index >= 15 is 0 Å². The van der Waals surface area contributed by atoms with E-state index in [1.807, 2.05) is 0 Å². The molecule has 0 heterocycles. The predicted octanol–water partition coefficient (Wildman–Crippen LogP) is 8.34. The number of hydrogen-bond donors (Lipinski definition) is 0. The largest absolute Gasteiger partial charge is 0.374 e. The maximum Gasteiger partial charge on any atom is 0.0647 e. The van der Waals surface area contributed by atoms with Crippen molar-refractivity contribution in [3.8, 4) is 0 Å². The topological polar surface area (TPSA) is 9.23 Å². The van der Waals surface area contributed by atoms with E-state index in [1.54, 1.807) is 0 Å². The molecule has 4 unspecified atom stereocenters. The lowest BCUT2D eigenvalue weighted by molar-refractivity contribution is -0.0488. The van der Waals surface area contributed by atoms with E-state index in [2.05, 4.69) is 90.1 Å². The summed E-state index contributed by atoms with van der Waals surface area (Å²) in [5, 5.41) is 0. The number of ether oxygens (including phenoxy) is 1. The van der Waals surface area contributed by atoms with Crippen molar-refractivity contribution in [1.29, 1.82) is 0 Å². The zero-order chi connectivity index (χ0) is 21.2. The Bertz CT molecular complexity index is 624. The normalized spacial score (nSPS) is 15.7. The molecular formula is C28H42O. The number of aryl methyl sites for hydroxylation is 2. The Kier molecular flexibility index (Phi) is 9.94. The van der Waals surface area contributed by atoms with Crippen LogP contribution in [0.15, 0.2) is 48.5 Å². The first kappa shape index (κ1) is 23.7. The van der Waals surface area contributed by atoms with E-state index in [0.29, 0.717) is 11.8 Å². The first-order chi connectivity index (χ1) is 14.0. The molecule has 0 radical (unpaired) electrons. The second-order valence-corrected chi connectivity index (χ2v) is 8.64. The van der Waals surface area contributed by atoms with Gasteiger partial charge in [-0.25, -0.2) is 0 Å². The summed E-state index contributed by atoms with van der Waals surface area (Å²) in [6.45, 7) is 13.5. The van der Waals surface area contributed by atoms with Gasteiger partial charge in [0.15, 0.2) is 0 Å². The highest BCUT2D eigenvalue weighted by Gasteiger charge is 2.29. The van der Waals surface area contributed by atoms with Crippen LogP contribution in [0.4, 0.5) is 0 Å². The Morgan fingerprint density at radius 2 is 0.931 bits per heavy atom. The molecule has 0 bridgehead atoms. The molecule has 0 N–H and O–H groups in total. The lowest BCUT2D eigenvalue weighted by atomic mass is 9.85. The van der Waals surface area contributed by atoms with E-state index in [0.717, 1.165) is 38.5 Å². The maximum absolute atomic E-state index is 7.01. The average Bonchev–Trinajstić information content (AvgIpc) is 2.72. The molecule has 4 atom stereocenters. The van der Waals surface area contributed by atoms with Gasteiger partial charge in [-0.15, -0.1) is 0 Å². The van der Waals surface area contributed by atoms with Crippen molar-refractivity contribution in [2.75, 3.05) is 0 Å². The monoisotopic (exact) mass is 394 g/mol. The first-order valence-electron chi connectivity index (χ1n) is 11.8. The highest BCUT2D eigenvalue weighted by molar-refractivity contribution is 5.27. The van der Waals surface area contributed by atoms with Gasteiger partial charge in [-0.2, -0.15) is 0 Å². The summed E-state index contributed by atoms with van der Waals surface area (Å²) < 4.78 is 7.01. The van der Waals surface area contributed by atoms with Crippen molar-refractivity contribution < 1.29 is 4.74 Å². The molecule has 0 fully saturated rings. The van der Waals surface area contributed by atoms with Crippen molar-refractivity contribution in [3.05, 3.63) is 70.8 Å². The Hall–Kier alpha value is -1.60. The lowest BCUT2D eigenvalue weighted by Crippen LogP contribution is -2.31. The zero-order valence-electron chi connectivity index (χ0n) is 19.6. The Morgan fingerprint density at radius 3 is 1.21 bits per heavy atom. The Morgan fingerprint density at radius 1 is 0.586 bits per heavy atom. The highest BCUT2D eigenvalue weighted by atomic mass is 16.5. The van der Waals surface area contributed by atoms with E-state index in [-0.39, 0.29) is 12.2 Å². The van der Waals surface area contributed by atoms with Gasteiger partial charge < -0.3 is 4.74 Å². The number of hydrogen-bond acceptors (Lipinski definition) is 1. The van der Waals surface area contributed by atoms with Crippen molar-refractivity contribution in [2.45, 2.75) is 104 Å². The summed E-state index contributed by atoms with van der Waals surface area (Å²) in [6, 6.07) is 18.2. The van der Waals surface area contributed by atoms with E-state index in [4.69, 9.17) is 4.74 Å². The molecule has 2 rings (SSSR count). The van der Waals surface area contributed by atoms with Crippen molar-refractivity contribution >= 4 is 0 Å². The molecule has 0 aliphatic heterocycles. The third kappa shape index (κ3) is 6.71. The van der Waals surface area contributed by atoms with Gasteiger partial charge in [-0.05, 0) is 50.7 Å². The maximum atomic E-state index is 7.01. The van der Waals surface area contributed by atoms with Gasteiger partial charge in [0.2, 0.25) is 0 Å². The van der Waals surface area contributed by atoms with Crippen molar-refractivity contribution in [1.82, 2.24) is 0 Å². The molecule has 0 amide bonds. The Labute approximate surface area is 179 Å². The standard InChI is InChI=1S/C28H42O/c1-7-11-27(25(9-3)23-17-13-21(5)14-18-23)29-28(12-8-2)26(10-4)24-19-15-22(6)16-20-24/h13-20,25-28H,7-12H2,1-6H3. The molecule has 0 saturated heterocycles. The van der Waals surface area contributed by atoms with E-state index in [1.165, 1.54) is 22.3 Å². The summed E-state index contributed by atoms with van der Waals surface area (Å²) >= 11 is 0. The van der Waals surface area contributed by atoms with Crippen LogP contribution in [0.1, 0.15) is 100 Å². The van der Waals surface area contributed by atoms with Crippen LogP contribution < -0.4 is 0 Å². The van der Waals surface area contributed by atoms with E-state index < -0.39 is 0 Å². The van der Waals surface area contributed by atoms with Crippen LogP contribution in [-0.4, -0.2) is 12.2 Å². The molecule has 0 aliphatic carbocycles. The summed E-state index contributed by atoms with van der Waals surface area (Å²) in [7, 11) is 0. The second kappa shape index (κ2) is 12.2. The van der Waals surface area contributed by atoms with Crippen LogP contribution in [0.3, 0.4) is 0 Å². The molecule has 0 saturated carbocycles. The molecule has 0 spiro atoms. The van der Waals surface area contributed by atoms with Crippen molar-refractivity contribution in [3.63, 3.8) is 0 Å². The van der Waals surface area contributed by atoms with Gasteiger partial charge in [0, 0.05) is 11.8 Å². The summed E-state index contributed by atoms with van der Waals surface area (Å²) in [6.07, 6.45) is 7.36. The van der Waals surface area contributed by atoms with Crippen LogP contribution in [0, 0.1) is 13.8 Å². The van der Waals surface area contributed by atoms with Gasteiger partial charge in [-0.1, -0.05) is 100 Å². The minimum absolute atomic E-state index is 0.281. The second-order valence-electron chi connectivity index (χ2n) is 8.64. The molecule has 0 aliphatic rings. The minimum Gasteiger partial charge on any atom is -0.374 e. The fourth-order valence-corrected chi connectivity index (χ4v) is 4.58. The SMILES string of the molecule is CCCC(OC(CCC)C(CC)c1ccc(C)cc1)C(CC)c1ccc(C)cc1. The van der Waals surface area contributed by atoms with Crippen LogP contribution in [0.5, 0.6) is 0 Å². The fraction of sp³-hybridized carbons (Fsp3) is 0.571. The Balaban J connectivity index is 2.28. The van der Waals surface area contributed by atoms with Crippen LogP contribution in [-0.2, 0) is 4.74 Å². The molecule has 0 aromatic heterocycles. The molecular weight excluding hydrogens is 352 g/mol. The zero-order valence-corrected chi connectivity index (χ0v) is 19.6. The highest BCUT2D eigenvalue weighted by Crippen LogP contribution is 2.35. The van der Waals surface area contributed by atoms with Crippen molar-refractivity contribution in [2.24, 2.45) is 0 Å². The number of benzene rings is 2. The summed E-state index contributed by atoms with van der Waals surface area (Å²) in [5.41, 5.74) is 5.50. The summed E-state index contributed by atoms with van der Waals surface area (Å²) in [5.74, 6) is 0.927. The van der Waals surface area contributed by atoms with Gasteiger partial charge >= 0.3 is 0 Å². The third-order valence-electron chi connectivity index (χ3n) is 6.28. The van der Waals surface area contributed by atoms with Gasteiger partial charge in [0.1, 0.15) is 0 Å². The molecule has 2 aromatic rings. The quantitative estimate of drug-likeness (QED) is 0.351. The first-order valence-corrected chi connectivity index (χ1v) is 11.8. The molecule has 1 heteroatoms. The van der Waals surface area contributed by atoms with Gasteiger partial charge in [0.25, 0.3) is 0 Å².